The van der Waals surface area contributed by atoms with E-state index in [4.69, 9.17) is 9.47 Å². The van der Waals surface area contributed by atoms with Gasteiger partial charge in [-0.3, -0.25) is 4.79 Å². The van der Waals surface area contributed by atoms with E-state index in [1.807, 2.05) is 43.3 Å². The van der Waals surface area contributed by atoms with Crippen molar-refractivity contribution in [2.75, 3.05) is 24.8 Å². The third-order valence-corrected chi connectivity index (χ3v) is 6.48. The van der Waals surface area contributed by atoms with Gasteiger partial charge in [0.15, 0.2) is 4.34 Å². The van der Waals surface area contributed by atoms with Crippen LogP contribution in [-0.2, 0) is 10.2 Å². The van der Waals surface area contributed by atoms with Crippen molar-refractivity contribution in [2.24, 2.45) is 0 Å². The molecule has 154 valence electrons. The summed E-state index contributed by atoms with van der Waals surface area (Å²) in [4.78, 5) is 17.1. The van der Waals surface area contributed by atoms with Crippen LogP contribution < -0.4 is 14.8 Å². The second-order valence-electron chi connectivity index (χ2n) is 7.54. The fraction of sp³-hybridized carbons (Fsp3) is 0.364. The molecule has 0 atom stereocenters. The molecule has 0 radical (unpaired) electrons. The minimum Gasteiger partial charge on any atom is -0.495 e. The Morgan fingerprint density at radius 2 is 2.00 bits per heavy atom. The Balaban J connectivity index is 1.67. The van der Waals surface area contributed by atoms with Crippen LogP contribution >= 0.6 is 23.1 Å². The number of fused-ring (bicyclic) bond motifs is 1. The van der Waals surface area contributed by atoms with E-state index < -0.39 is 0 Å². The van der Waals surface area contributed by atoms with Gasteiger partial charge in [-0.2, -0.15) is 0 Å². The second kappa shape index (κ2) is 9.05. The summed E-state index contributed by atoms with van der Waals surface area (Å²) in [6.07, 6.45) is 0. The number of thioether (sulfide) groups is 1. The van der Waals surface area contributed by atoms with Gasteiger partial charge in [0, 0.05) is 0 Å². The molecule has 3 rings (SSSR count). The zero-order valence-electron chi connectivity index (χ0n) is 17.4. The first kappa shape index (κ1) is 21.5. The zero-order valence-corrected chi connectivity index (χ0v) is 19.0. The molecule has 5 nitrogen and oxygen atoms in total. The van der Waals surface area contributed by atoms with Crippen LogP contribution in [-0.4, -0.2) is 30.4 Å². The van der Waals surface area contributed by atoms with E-state index in [0.717, 1.165) is 25.9 Å². The van der Waals surface area contributed by atoms with Gasteiger partial charge in [0.05, 0.1) is 35.4 Å². The van der Waals surface area contributed by atoms with Gasteiger partial charge in [-0.15, -0.1) is 11.3 Å². The molecule has 0 unspecified atom stereocenters. The smallest absolute Gasteiger partial charge is 0.234 e. The summed E-state index contributed by atoms with van der Waals surface area (Å²) >= 11 is 3.00. The van der Waals surface area contributed by atoms with Gasteiger partial charge in [-0.1, -0.05) is 38.6 Å². The summed E-state index contributed by atoms with van der Waals surface area (Å²) in [7, 11) is 1.61. The van der Waals surface area contributed by atoms with Crippen LogP contribution in [0.15, 0.2) is 40.7 Å². The second-order valence-corrected chi connectivity index (χ2v) is 9.80. The lowest BCUT2D eigenvalue weighted by molar-refractivity contribution is -0.113. The molecular formula is C22H26N2O3S2. The molecule has 1 amide bonds. The van der Waals surface area contributed by atoms with Crippen LogP contribution in [0, 0.1) is 0 Å². The van der Waals surface area contributed by atoms with Crippen LogP contribution in [0.1, 0.15) is 33.3 Å². The summed E-state index contributed by atoms with van der Waals surface area (Å²) < 4.78 is 12.9. The van der Waals surface area contributed by atoms with Gasteiger partial charge >= 0.3 is 0 Å². The Morgan fingerprint density at radius 3 is 2.69 bits per heavy atom. The van der Waals surface area contributed by atoms with E-state index in [1.165, 1.54) is 11.8 Å². The number of rotatable bonds is 7. The third-order valence-electron chi connectivity index (χ3n) is 4.32. The quantitative estimate of drug-likeness (QED) is 0.485. The Hall–Kier alpha value is -2.25. The van der Waals surface area contributed by atoms with Crippen molar-refractivity contribution >= 4 is 44.9 Å². The van der Waals surface area contributed by atoms with Crippen molar-refractivity contribution in [1.82, 2.24) is 4.98 Å². The predicted molar refractivity (Wildman–Crippen MR) is 122 cm³/mol. The summed E-state index contributed by atoms with van der Waals surface area (Å²) in [5, 5.41) is 2.98. The monoisotopic (exact) mass is 430 g/mol. The molecule has 1 N–H and O–H groups in total. The molecule has 0 aliphatic rings. The first-order chi connectivity index (χ1) is 13.8. The number of anilines is 1. The van der Waals surface area contributed by atoms with Crippen molar-refractivity contribution in [3.8, 4) is 11.5 Å². The lowest BCUT2D eigenvalue weighted by atomic mass is 9.87. The molecule has 3 aromatic rings. The molecule has 0 spiro atoms. The van der Waals surface area contributed by atoms with E-state index >= 15 is 0 Å². The number of benzene rings is 2. The number of nitrogens with one attached hydrogen (secondary N) is 1. The number of amides is 1. The van der Waals surface area contributed by atoms with Crippen molar-refractivity contribution in [3.05, 3.63) is 42.0 Å². The Kier molecular flexibility index (Phi) is 6.70. The van der Waals surface area contributed by atoms with Crippen LogP contribution in [0.5, 0.6) is 11.5 Å². The summed E-state index contributed by atoms with van der Waals surface area (Å²) in [6.45, 7) is 9.01. The number of thiazole rings is 1. The fourth-order valence-electron chi connectivity index (χ4n) is 2.79. The highest BCUT2D eigenvalue weighted by molar-refractivity contribution is 8.01. The molecule has 0 aliphatic heterocycles. The Bertz CT molecular complexity index is 1010. The molecule has 0 aliphatic carbocycles. The SMILES string of the molecule is CCOc1ccc2nc(SCC(=O)Nc3cc(C(C)(C)C)ccc3OC)sc2c1. The van der Waals surface area contributed by atoms with Crippen molar-refractivity contribution in [1.29, 1.82) is 0 Å². The van der Waals surface area contributed by atoms with Crippen LogP contribution in [0.3, 0.4) is 0 Å². The number of ether oxygens (including phenoxy) is 2. The number of aromatic nitrogens is 1. The first-order valence-electron chi connectivity index (χ1n) is 9.44. The van der Waals surface area contributed by atoms with E-state index in [2.05, 4.69) is 31.1 Å². The number of hydrogen-bond acceptors (Lipinski definition) is 6. The zero-order chi connectivity index (χ0) is 21.0. The van der Waals surface area contributed by atoms with Crippen LogP contribution in [0.25, 0.3) is 10.2 Å². The van der Waals surface area contributed by atoms with Crippen molar-refractivity contribution < 1.29 is 14.3 Å². The number of hydrogen-bond donors (Lipinski definition) is 1. The topological polar surface area (TPSA) is 60.5 Å². The maximum Gasteiger partial charge on any atom is 0.234 e. The van der Waals surface area contributed by atoms with Crippen LogP contribution in [0.2, 0.25) is 0 Å². The largest absolute Gasteiger partial charge is 0.495 e. The highest BCUT2D eigenvalue weighted by Crippen LogP contribution is 2.33. The average molecular weight is 431 g/mol. The predicted octanol–water partition coefficient (Wildman–Crippen LogP) is 5.73. The maximum atomic E-state index is 12.5. The van der Waals surface area contributed by atoms with E-state index in [9.17, 15) is 4.79 Å². The van der Waals surface area contributed by atoms with Crippen molar-refractivity contribution in [3.63, 3.8) is 0 Å². The van der Waals surface area contributed by atoms with Gasteiger partial charge < -0.3 is 14.8 Å². The van der Waals surface area contributed by atoms with Gasteiger partial charge in [0.25, 0.3) is 0 Å². The number of methoxy groups -OCH3 is 1. The molecule has 2 aromatic carbocycles. The van der Waals surface area contributed by atoms with Gasteiger partial charge in [0.2, 0.25) is 5.91 Å². The van der Waals surface area contributed by atoms with Gasteiger partial charge in [0.1, 0.15) is 11.5 Å². The minimum absolute atomic E-state index is 0.0121. The minimum atomic E-state index is -0.0892. The number of nitrogens with zero attached hydrogens (tertiary/aromatic N) is 1. The maximum absolute atomic E-state index is 12.5. The first-order valence-corrected chi connectivity index (χ1v) is 11.2. The molecule has 0 bridgehead atoms. The Labute approximate surface area is 179 Å². The molecule has 0 fully saturated rings. The normalized spacial score (nSPS) is 11.5. The third kappa shape index (κ3) is 5.42. The van der Waals surface area contributed by atoms with E-state index in [1.54, 1.807) is 18.4 Å². The summed E-state index contributed by atoms with van der Waals surface area (Å²) in [5.74, 6) is 1.68. The highest BCUT2D eigenvalue weighted by Gasteiger charge is 2.17. The molecule has 1 heterocycles. The summed E-state index contributed by atoms with van der Waals surface area (Å²) in [5.41, 5.74) is 2.73. The molecule has 0 saturated heterocycles. The van der Waals surface area contributed by atoms with Gasteiger partial charge in [-0.25, -0.2) is 4.98 Å². The molecule has 0 saturated carbocycles. The van der Waals surface area contributed by atoms with E-state index in [0.29, 0.717) is 18.0 Å². The molecule has 29 heavy (non-hydrogen) atoms. The summed E-state index contributed by atoms with van der Waals surface area (Å²) in [6, 6.07) is 11.8. The van der Waals surface area contributed by atoms with Crippen molar-refractivity contribution in [2.45, 2.75) is 37.4 Å². The van der Waals surface area contributed by atoms with Gasteiger partial charge in [-0.05, 0) is 48.2 Å². The lowest BCUT2D eigenvalue weighted by Gasteiger charge is -2.21. The Morgan fingerprint density at radius 1 is 1.21 bits per heavy atom. The lowest BCUT2D eigenvalue weighted by Crippen LogP contribution is -2.16. The molecular weight excluding hydrogens is 404 g/mol. The molecule has 7 heteroatoms. The molecule has 1 aromatic heterocycles. The average Bonchev–Trinajstić information content (AvgIpc) is 3.08. The van der Waals surface area contributed by atoms with E-state index in [-0.39, 0.29) is 17.1 Å². The number of carbonyl (C=O) groups is 1. The standard InChI is InChI=1S/C22H26N2O3S2/c1-6-27-15-8-9-16-19(12-15)29-21(24-16)28-13-20(25)23-17-11-14(22(2,3)4)7-10-18(17)26-5/h7-12H,6,13H2,1-5H3,(H,23,25). The fourth-order valence-corrected chi connectivity index (χ4v) is 4.68. The van der Waals surface area contributed by atoms with Crippen LogP contribution in [0.4, 0.5) is 5.69 Å². The highest BCUT2D eigenvalue weighted by atomic mass is 32.2. The number of carbonyl (C=O) groups excluding carboxylic acids is 1.